The van der Waals surface area contributed by atoms with Crippen LogP contribution < -0.4 is 5.32 Å². The monoisotopic (exact) mass is 289 g/mol. The van der Waals surface area contributed by atoms with Gasteiger partial charge in [-0.1, -0.05) is 0 Å². The molecule has 0 atom stereocenters. The van der Waals surface area contributed by atoms with Gasteiger partial charge in [0.1, 0.15) is 6.33 Å². The average molecular weight is 289 g/mol. The number of nitrogens with zero attached hydrogens (tertiary/aromatic N) is 4. The fraction of sp³-hybridized carbons (Fsp3) is 0.308. The molecular weight excluding hydrogens is 274 g/mol. The molecule has 1 heterocycles. The fourth-order valence-corrected chi connectivity index (χ4v) is 1.61. The van der Waals surface area contributed by atoms with Crippen LogP contribution in [0.4, 0.5) is 0 Å². The molecule has 2 rings (SSSR count). The van der Waals surface area contributed by atoms with E-state index in [4.69, 9.17) is 4.74 Å². The summed E-state index contributed by atoms with van der Waals surface area (Å²) in [5, 5.41) is 13.4. The van der Waals surface area contributed by atoms with Crippen molar-refractivity contribution < 1.29 is 14.3 Å². The summed E-state index contributed by atoms with van der Waals surface area (Å²) in [5.74, 6) is -0.888. The Balaban J connectivity index is 1.93. The minimum absolute atomic E-state index is 0.00627. The van der Waals surface area contributed by atoms with Gasteiger partial charge >= 0.3 is 5.97 Å². The maximum Gasteiger partial charge on any atom is 0.338 e. The molecular formula is C13H15N5O3. The standard InChI is InChI=1S/C13H15N5O3/c1-9(2)15-12(19)7-21-13(20)10-3-5-11(6-4-10)18-8-14-16-17-18/h3-6,8-9H,7H2,1-2H3,(H,15,19). The van der Waals surface area contributed by atoms with E-state index >= 15 is 0 Å². The smallest absolute Gasteiger partial charge is 0.338 e. The highest BCUT2D eigenvalue weighted by molar-refractivity contribution is 5.91. The van der Waals surface area contributed by atoms with Gasteiger partial charge in [0.25, 0.3) is 5.91 Å². The molecule has 1 aromatic carbocycles. The van der Waals surface area contributed by atoms with Gasteiger partial charge in [-0.05, 0) is 48.5 Å². The molecule has 8 heteroatoms. The predicted octanol–water partition coefficient (Wildman–Crippen LogP) is 0.344. The second-order valence-corrected chi connectivity index (χ2v) is 4.60. The van der Waals surface area contributed by atoms with Gasteiger partial charge in [0.05, 0.1) is 11.3 Å². The Morgan fingerprint density at radius 1 is 1.29 bits per heavy atom. The molecule has 0 aliphatic rings. The molecule has 0 unspecified atom stereocenters. The summed E-state index contributed by atoms with van der Waals surface area (Å²) < 4.78 is 6.39. The maximum absolute atomic E-state index is 11.8. The van der Waals surface area contributed by atoms with Gasteiger partial charge in [0, 0.05) is 6.04 Å². The van der Waals surface area contributed by atoms with E-state index in [0.717, 1.165) is 0 Å². The molecule has 0 fully saturated rings. The average Bonchev–Trinajstić information content (AvgIpc) is 2.98. The first kappa shape index (κ1) is 14.6. The summed E-state index contributed by atoms with van der Waals surface area (Å²) in [5.41, 5.74) is 1.07. The molecule has 1 aromatic heterocycles. The third-order valence-corrected chi connectivity index (χ3v) is 2.50. The van der Waals surface area contributed by atoms with Gasteiger partial charge < -0.3 is 10.1 Å². The molecule has 1 amide bonds. The van der Waals surface area contributed by atoms with Crippen LogP contribution in [0.25, 0.3) is 5.69 Å². The number of tetrazole rings is 1. The summed E-state index contributed by atoms with van der Waals surface area (Å²) in [4.78, 5) is 23.2. The molecule has 0 aliphatic carbocycles. The first-order chi connectivity index (χ1) is 10.1. The lowest BCUT2D eigenvalue weighted by molar-refractivity contribution is -0.124. The number of hydrogen-bond acceptors (Lipinski definition) is 6. The van der Waals surface area contributed by atoms with Crippen LogP contribution in [0.2, 0.25) is 0 Å². The molecule has 0 bridgehead atoms. The van der Waals surface area contributed by atoms with Crippen molar-refractivity contribution in [1.29, 1.82) is 0 Å². The molecule has 0 spiro atoms. The van der Waals surface area contributed by atoms with Crippen LogP contribution in [0.5, 0.6) is 0 Å². The van der Waals surface area contributed by atoms with E-state index in [-0.39, 0.29) is 18.6 Å². The third kappa shape index (κ3) is 4.10. The molecule has 110 valence electrons. The van der Waals surface area contributed by atoms with Gasteiger partial charge in [0.15, 0.2) is 6.61 Å². The van der Waals surface area contributed by atoms with Gasteiger partial charge in [-0.2, -0.15) is 0 Å². The molecule has 0 saturated heterocycles. The minimum Gasteiger partial charge on any atom is -0.452 e. The number of carbonyl (C=O) groups excluding carboxylic acids is 2. The lowest BCUT2D eigenvalue weighted by Gasteiger charge is -2.09. The number of benzene rings is 1. The van der Waals surface area contributed by atoms with E-state index in [1.54, 1.807) is 24.3 Å². The van der Waals surface area contributed by atoms with Crippen LogP contribution in [-0.4, -0.2) is 44.7 Å². The largest absolute Gasteiger partial charge is 0.452 e. The molecule has 2 aromatic rings. The number of hydrogen-bond donors (Lipinski definition) is 1. The highest BCUT2D eigenvalue weighted by Crippen LogP contribution is 2.08. The predicted molar refractivity (Wildman–Crippen MR) is 72.7 cm³/mol. The topological polar surface area (TPSA) is 99.0 Å². The molecule has 0 radical (unpaired) electrons. The van der Waals surface area contributed by atoms with E-state index in [1.807, 2.05) is 13.8 Å². The zero-order valence-corrected chi connectivity index (χ0v) is 11.7. The zero-order chi connectivity index (χ0) is 15.2. The summed E-state index contributed by atoms with van der Waals surface area (Å²) in [7, 11) is 0. The van der Waals surface area contributed by atoms with Crippen LogP contribution in [0, 0.1) is 0 Å². The summed E-state index contributed by atoms with van der Waals surface area (Å²) >= 11 is 0. The minimum atomic E-state index is -0.558. The highest BCUT2D eigenvalue weighted by Gasteiger charge is 2.11. The number of ether oxygens (including phenoxy) is 1. The number of amides is 1. The van der Waals surface area contributed by atoms with E-state index in [0.29, 0.717) is 11.3 Å². The lowest BCUT2D eigenvalue weighted by Crippen LogP contribution is -2.33. The van der Waals surface area contributed by atoms with Crippen LogP contribution in [0.1, 0.15) is 24.2 Å². The van der Waals surface area contributed by atoms with Crippen molar-refractivity contribution in [1.82, 2.24) is 25.5 Å². The van der Waals surface area contributed by atoms with Gasteiger partial charge in [0.2, 0.25) is 0 Å². The Morgan fingerprint density at radius 3 is 2.57 bits per heavy atom. The van der Waals surface area contributed by atoms with E-state index in [1.165, 1.54) is 11.0 Å². The number of esters is 1. The normalized spacial score (nSPS) is 10.4. The van der Waals surface area contributed by atoms with Crippen LogP contribution >= 0.6 is 0 Å². The molecule has 0 saturated carbocycles. The number of rotatable bonds is 5. The maximum atomic E-state index is 11.8. The third-order valence-electron chi connectivity index (χ3n) is 2.50. The Kier molecular flexibility index (Phi) is 4.60. The van der Waals surface area contributed by atoms with Gasteiger partial charge in [-0.3, -0.25) is 4.79 Å². The van der Waals surface area contributed by atoms with E-state index in [2.05, 4.69) is 20.8 Å². The second kappa shape index (κ2) is 6.60. The number of aromatic nitrogens is 4. The van der Waals surface area contributed by atoms with E-state index in [9.17, 15) is 9.59 Å². The Bertz CT molecular complexity index is 607. The zero-order valence-electron chi connectivity index (χ0n) is 11.7. The van der Waals surface area contributed by atoms with Gasteiger partial charge in [-0.15, -0.1) is 5.10 Å². The SMILES string of the molecule is CC(C)NC(=O)COC(=O)c1ccc(-n2cnnn2)cc1. The fourth-order valence-electron chi connectivity index (χ4n) is 1.61. The Hall–Kier alpha value is -2.77. The van der Waals surface area contributed by atoms with Crippen LogP contribution in [-0.2, 0) is 9.53 Å². The Labute approximate surface area is 121 Å². The molecule has 8 nitrogen and oxygen atoms in total. The van der Waals surface area contributed by atoms with Gasteiger partial charge in [-0.25, -0.2) is 9.48 Å². The highest BCUT2D eigenvalue weighted by atomic mass is 16.5. The van der Waals surface area contributed by atoms with Crippen molar-refractivity contribution in [3.8, 4) is 5.69 Å². The molecule has 1 N–H and O–H groups in total. The number of carbonyl (C=O) groups is 2. The van der Waals surface area contributed by atoms with Crippen molar-refractivity contribution >= 4 is 11.9 Å². The summed E-state index contributed by atoms with van der Waals surface area (Å²) in [6.07, 6.45) is 1.45. The summed E-state index contributed by atoms with van der Waals surface area (Å²) in [6.45, 7) is 3.36. The lowest BCUT2D eigenvalue weighted by atomic mass is 10.2. The Morgan fingerprint density at radius 2 is 2.00 bits per heavy atom. The first-order valence-electron chi connectivity index (χ1n) is 6.36. The van der Waals surface area contributed by atoms with Crippen molar-refractivity contribution in [2.24, 2.45) is 0 Å². The molecule has 21 heavy (non-hydrogen) atoms. The van der Waals surface area contributed by atoms with E-state index < -0.39 is 5.97 Å². The van der Waals surface area contributed by atoms with Crippen molar-refractivity contribution in [3.63, 3.8) is 0 Å². The van der Waals surface area contributed by atoms with Crippen LogP contribution in [0.15, 0.2) is 30.6 Å². The van der Waals surface area contributed by atoms with Crippen molar-refractivity contribution in [3.05, 3.63) is 36.2 Å². The quantitative estimate of drug-likeness (QED) is 0.797. The second-order valence-electron chi connectivity index (χ2n) is 4.60. The summed E-state index contributed by atoms with van der Waals surface area (Å²) in [6, 6.07) is 6.54. The molecule has 0 aliphatic heterocycles. The van der Waals surface area contributed by atoms with Crippen LogP contribution in [0.3, 0.4) is 0 Å². The number of nitrogens with one attached hydrogen (secondary N) is 1. The van der Waals surface area contributed by atoms with Crippen molar-refractivity contribution in [2.75, 3.05) is 6.61 Å². The first-order valence-corrected chi connectivity index (χ1v) is 6.36. The van der Waals surface area contributed by atoms with Crippen molar-refractivity contribution in [2.45, 2.75) is 19.9 Å².